The molecule has 1 fully saturated rings. The molecule has 5 heteroatoms. The van der Waals surface area contributed by atoms with Crippen molar-refractivity contribution in [2.45, 2.75) is 25.3 Å². The topological polar surface area (TPSA) is 77.6 Å². The molecular formula is C12H13N5. The van der Waals surface area contributed by atoms with Crippen molar-refractivity contribution < 1.29 is 0 Å². The van der Waals surface area contributed by atoms with Crippen molar-refractivity contribution in [3.8, 4) is 11.4 Å². The molecule has 2 heterocycles. The van der Waals surface area contributed by atoms with Gasteiger partial charge < -0.3 is 5.73 Å². The highest BCUT2D eigenvalue weighted by Gasteiger charge is 2.27. The van der Waals surface area contributed by atoms with Gasteiger partial charge in [-0.1, -0.05) is 0 Å². The van der Waals surface area contributed by atoms with Crippen LogP contribution in [-0.4, -0.2) is 19.9 Å². The van der Waals surface area contributed by atoms with E-state index in [9.17, 15) is 0 Å². The van der Waals surface area contributed by atoms with Gasteiger partial charge in [0.05, 0.1) is 17.6 Å². The Hall–Kier alpha value is -1.88. The van der Waals surface area contributed by atoms with E-state index >= 15 is 0 Å². The van der Waals surface area contributed by atoms with Crippen LogP contribution in [0.15, 0.2) is 24.7 Å². The van der Waals surface area contributed by atoms with Crippen LogP contribution in [0.4, 0.5) is 0 Å². The van der Waals surface area contributed by atoms with E-state index in [0.29, 0.717) is 12.5 Å². The summed E-state index contributed by atoms with van der Waals surface area (Å²) in [5.74, 6) is 1.41. The second kappa shape index (κ2) is 4.18. The molecule has 0 aromatic carbocycles. The lowest BCUT2D eigenvalue weighted by Crippen LogP contribution is -2.05. The van der Waals surface area contributed by atoms with Gasteiger partial charge in [-0.2, -0.15) is 0 Å². The third-order valence-corrected chi connectivity index (χ3v) is 2.77. The van der Waals surface area contributed by atoms with Crippen LogP contribution >= 0.6 is 0 Å². The molecule has 0 saturated heterocycles. The monoisotopic (exact) mass is 227 g/mol. The van der Waals surface area contributed by atoms with Crippen LogP contribution in [-0.2, 0) is 6.54 Å². The number of hydrogen-bond acceptors (Lipinski definition) is 5. The van der Waals surface area contributed by atoms with Crippen LogP contribution in [0, 0.1) is 0 Å². The Labute approximate surface area is 99.2 Å². The Balaban J connectivity index is 2.06. The summed E-state index contributed by atoms with van der Waals surface area (Å²) in [7, 11) is 0. The third kappa shape index (κ3) is 2.14. The number of rotatable bonds is 3. The molecule has 0 unspecified atom stereocenters. The van der Waals surface area contributed by atoms with Crippen LogP contribution in [0.2, 0.25) is 0 Å². The molecule has 1 saturated carbocycles. The number of nitrogens with zero attached hydrogens (tertiary/aromatic N) is 4. The molecule has 2 N–H and O–H groups in total. The molecule has 1 aliphatic rings. The molecule has 2 aromatic rings. The average Bonchev–Trinajstić information content (AvgIpc) is 3.23. The Bertz CT molecular complexity index is 522. The van der Waals surface area contributed by atoms with Crippen molar-refractivity contribution in [3.05, 3.63) is 36.2 Å². The predicted molar refractivity (Wildman–Crippen MR) is 62.9 cm³/mol. The quantitative estimate of drug-likeness (QED) is 0.854. The van der Waals surface area contributed by atoms with Gasteiger partial charge in [0.2, 0.25) is 0 Å². The van der Waals surface area contributed by atoms with Gasteiger partial charge in [0, 0.05) is 24.9 Å². The van der Waals surface area contributed by atoms with E-state index in [0.717, 1.165) is 22.9 Å². The Kier molecular flexibility index (Phi) is 2.53. The molecule has 0 aliphatic heterocycles. The largest absolute Gasteiger partial charge is 0.325 e. The van der Waals surface area contributed by atoms with Crippen LogP contribution in [0.1, 0.15) is 30.3 Å². The van der Waals surface area contributed by atoms with Crippen molar-refractivity contribution in [1.82, 2.24) is 19.9 Å². The maximum Gasteiger partial charge on any atom is 0.132 e. The molecular weight excluding hydrogens is 214 g/mol. The molecule has 86 valence electrons. The standard InChI is InChI=1S/C12H13N5/c13-6-9-5-10(11-7-14-3-4-15-11)17-12(16-9)8-1-2-8/h3-5,7-8H,1-2,6,13H2. The van der Waals surface area contributed by atoms with Crippen molar-refractivity contribution in [2.75, 3.05) is 0 Å². The molecule has 0 bridgehead atoms. The van der Waals surface area contributed by atoms with Gasteiger partial charge in [-0.05, 0) is 18.9 Å². The van der Waals surface area contributed by atoms with Gasteiger partial charge in [0.15, 0.2) is 0 Å². The molecule has 0 amide bonds. The van der Waals surface area contributed by atoms with Gasteiger partial charge in [-0.25, -0.2) is 9.97 Å². The highest BCUT2D eigenvalue weighted by molar-refractivity contribution is 5.53. The molecule has 1 aliphatic carbocycles. The number of aromatic nitrogens is 4. The summed E-state index contributed by atoms with van der Waals surface area (Å²) >= 11 is 0. The summed E-state index contributed by atoms with van der Waals surface area (Å²) < 4.78 is 0. The van der Waals surface area contributed by atoms with E-state index in [1.165, 1.54) is 12.8 Å². The highest BCUT2D eigenvalue weighted by atomic mass is 14.9. The molecule has 3 rings (SSSR count). The fraction of sp³-hybridized carbons (Fsp3) is 0.333. The first-order valence-corrected chi connectivity index (χ1v) is 5.71. The molecule has 0 atom stereocenters. The van der Waals surface area contributed by atoms with Crippen LogP contribution in [0.5, 0.6) is 0 Å². The maximum absolute atomic E-state index is 5.66. The predicted octanol–water partition coefficient (Wildman–Crippen LogP) is 1.27. The zero-order chi connectivity index (χ0) is 11.7. The minimum absolute atomic E-state index is 0.426. The zero-order valence-electron chi connectivity index (χ0n) is 9.37. The van der Waals surface area contributed by atoms with Crippen LogP contribution in [0.3, 0.4) is 0 Å². The summed E-state index contributed by atoms with van der Waals surface area (Å²) in [6, 6.07) is 1.88. The second-order valence-electron chi connectivity index (χ2n) is 4.17. The summed E-state index contributed by atoms with van der Waals surface area (Å²) in [6.07, 6.45) is 7.37. The second-order valence-corrected chi connectivity index (χ2v) is 4.17. The van der Waals surface area contributed by atoms with Gasteiger partial charge in [0.25, 0.3) is 0 Å². The van der Waals surface area contributed by atoms with E-state index in [4.69, 9.17) is 5.73 Å². The van der Waals surface area contributed by atoms with E-state index in [1.807, 2.05) is 6.07 Å². The normalized spacial score (nSPS) is 14.9. The van der Waals surface area contributed by atoms with E-state index in [-0.39, 0.29) is 0 Å². The molecule has 2 aromatic heterocycles. The smallest absolute Gasteiger partial charge is 0.132 e. The molecule has 0 radical (unpaired) electrons. The van der Waals surface area contributed by atoms with Crippen molar-refractivity contribution in [2.24, 2.45) is 5.73 Å². The SMILES string of the molecule is NCc1cc(-c2cnccn2)nc(C2CC2)n1. The van der Waals surface area contributed by atoms with Gasteiger partial charge >= 0.3 is 0 Å². The lowest BCUT2D eigenvalue weighted by molar-refractivity contribution is 0.868. The van der Waals surface area contributed by atoms with Crippen molar-refractivity contribution in [1.29, 1.82) is 0 Å². The van der Waals surface area contributed by atoms with Crippen LogP contribution < -0.4 is 5.73 Å². The summed E-state index contributed by atoms with van der Waals surface area (Å²) in [5.41, 5.74) is 8.11. The number of nitrogens with two attached hydrogens (primary N) is 1. The van der Waals surface area contributed by atoms with Gasteiger partial charge in [-0.3, -0.25) is 9.97 Å². The lowest BCUT2D eigenvalue weighted by Gasteiger charge is -2.05. The minimum Gasteiger partial charge on any atom is -0.325 e. The maximum atomic E-state index is 5.66. The first-order valence-electron chi connectivity index (χ1n) is 5.71. The van der Waals surface area contributed by atoms with Gasteiger partial charge in [-0.15, -0.1) is 0 Å². The number of hydrogen-bond donors (Lipinski definition) is 1. The first-order chi connectivity index (χ1) is 8.36. The van der Waals surface area contributed by atoms with Gasteiger partial charge in [0.1, 0.15) is 11.5 Å². The summed E-state index contributed by atoms with van der Waals surface area (Å²) in [5, 5.41) is 0. The fourth-order valence-electron chi connectivity index (χ4n) is 1.71. The van der Waals surface area contributed by atoms with Crippen molar-refractivity contribution in [3.63, 3.8) is 0 Å². The Morgan fingerprint density at radius 3 is 2.71 bits per heavy atom. The lowest BCUT2D eigenvalue weighted by atomic mass is 10.2. The summed E-state index contributed by atoms with van der Waals surface area (Å²) in [4.78, 5) is 17.3. The molecule has 17 heavy (non-hydrogen) atoms. The van der Waals surface area contributed by atoms with E-state index in [2.05, 4.69) is 19.9 Å². The minimum atomic E-state index is 0.426. The van der Waals surface area contributed by atoms with E-state index in [1.54, 1.807) is 18.6 Å². The Morgan fingerprint density at radius 1 is 1.18 bits per heavy atom. The molecule has 5 nitrogen and oxygen atoms in total. The first kappa shape index (κ1) is 10.3. The fourth-order valence-corrected chi connectivity index (χ4v) is 1.71. The zero-order valence-corrected chi connectivity index (χ0v) is 9.37. The highest BCUT2D eigenvalue weighted by Crippen LogP contribution is 2.38. The third-order valence-electron chi connectivity index (χ3n) is 2.77. The van der Waals surface area contributed by atoms with E-state index < -0.39 is 0 Å². The molecule has 0 spiro atoms. The average molecular weight is 227 g/mol. The van der Waals surface area contributed by atoms with Crippen LogP contribution in [0.25, 0.3) is 11.4 Å². The van der Waals surface area contributed by atoms with Crippen molar-refractivity contribution >= 4 is 0 Å². The summed E-state index contributed by atoms with van der Waals surface area (Å²) in [6.45, 7) is 0.426. The Morgan fingerprint density at radius 2 is 2.06 bits per heavy atom.